The molecular weight excluding hydrogens is 282 g/mol. The molecule has 0 radical (unpaired) electrons. The van der Waals surface area contributed by atoms with Crippen molar-refractivity contribution in [3.8, 4) is 5.75 Å². The first kappa shape index (κ1) is 15.9. The van der Waals surface area contributed by atoms with Crippen LogP contribution in [-0.2, 0) is 6.42 Å². The summed E-state index contributed by atoms with van der Waals surface area (Å²) in [6.07, 6.45) is 0.845. The number of rotatable bonds is 6. The van der Waals surface area contributed by atoms with Gasteiger partial charge in [0.15, 0.2) is 0 Å². The first-order valence-electron chi connectivity index (χ1n) is 7.32. The van der Waals surface area contributed by atoms with Crippen LogP contribution < -0.4 is 5.32 Å². The Hall–Kier alpha value is -1.51. The molecule has 2 aromatic carbocycles. The number of aromatic hydroxyl groups is 1. The van der Waals surface area contributed by atoms with E-state index in [1.165, 1.54) is 0 Å². The van der Waals surface area contributed by atoms with Crippen molar-refractivity contribution in [1.82, 2.24) is 5.32 Å². The van der Waals surface area contributed by atoms with Gasteiger partial charge in [0, 0.05) is 23.5 Å². The van der Waals surface area contributed by atoms with Crippen LogP contribution in [0.25, 0.3) is 0 Å². The Morgan fingerprint density at radius 3 is 2.52 bits per heavy atom. The topological polar surface area (TPSA) is 32.3 Å². The van der Waals surface area contributed by atoms with E-state index in [9.17, 15) is 5.11 Å². The van der Waals surface area contributed by atoms with E-state index in [1.807, 2.05) is 36.4 Å². The molecular formula is C18H22ClNO. The Morgan fingerprint density at radius 2 is 1.86 bits per heavy atom. The van der Waals surface area contributed by atoms with Crippen LogP contribution in [0.5, 0.6) is 5.75 Å². The standard InChI is InChI=1S/C18H22ClNO/c1-13(2)20-12-15(17-8-3-4-9-18(17)19)10-14-6-5-7-16(21)11-14/h3-9,11,13,15,20-21H,10,12H2,1-2H3. The van der Waals surface area contributed by atoms with E-state index in [4.69, 9.17) is 11.6 Å². The Bertz CT molecular complexity index is 583. The van der Waals surface area contributed by atoms with Crippen molar-refractivity contribution in [1.29, 1.82) is 0 Å². The van der Waals surface area contributed by atoms with E-state index >= 15 is 0 Å². The lowest BCUT2D eigenvalue weighted by Crippen LogP contribution is -2.29. The predicted octanol–water partition coefficient (Wildman–Crippen LogP) is 4.37. The van der Waals surface area contributed by atoms with E-state index in [0.717, 1.165) is 29.1 Å². The van der Waals surface area contributed by atoms with Gasteiger partial charge in [-0.25, -0.2) is 0 Å². The molecule has 0 fully saturated rings. The minimum absolute atomic E-state index is 0.280. The second kappa shape index (κ2) is 7.48. The van der Waals surface area contributed by atoms with E-state index in [0.29, 0.717) is 11.8 Å². The maximum absolute atomic E-state index is 9.63. The largest absolute Gasteiger partial charge is 0.508 e. The third-order valence-electron chi connectivity index (χ3n) is 3.51. The van der Waals surface area contributed by atoms with Crippen LogP contribution in [0, 0.1) is 0 Å². The van der Waals surface area contributed by atoms with Crippen molar-refractivity contribution in [2.45, 2.75) is 32.2 Å². The highest BCUT2D eigenvalue weighted by Crippen LogP contribution is 2.28. The monoisotopic (exact) mass is 303 g/mol. The zero-order valence-electron chi connectivity index (χ0n) is 12.5. The second-order valence-electron chi connectivity index (χ2n) is 5.66. The summed E-state index contributed by atoms with van der Waals surface area (Å²) in [7, 11) is 0. The maximum Gasteiger partial charge on any atom is 0.115 e. The molecule has 0 aliphatic heterocycles. The molecule has 2 N–H and O–H groups in total. The molecule has 1 unspecified atom stereocenters. The summed E-state index contributed by atoms with van der Waals surface area (Å²) in [5, 5.41) is 13.9. The van der Waals surface area contributed by atoms with Crippen molar-refractivity contribution >= 4 is 11.6 Å². The van der Waals surface area contributed by atoms with Crippen molar-refractivity contribution in [2.75, 3.05) is 6.54 Å². The van der Waals surface area contributed by atoms with Gasteiger partial charge in [-0.2, -0.15) is 0 Å². The highest BCUT2D eigenvalue weighted by atomic mass is 35.5. The first-order chi connectivity index (χ1) is 10.1. The summed E-state index contributed by atoms with van der Waals surface area (Å²) < 4.78 is 0. The number of phenolic OH excluding ortho intramolecular Hbond substituents is 1. The molecule has 1 atom stereocenters. The van der Waals surface area contributed by atoms with E-state index in [-0.39, 0.29) is 5.92 Å². The smallest absolute Gasteiger partial charge is 0.115 e. The molecule has 0 aromatic heterocycles. The summed E-state index contributed by atoms with van der Waals surface area (Å²) in [5.41, 5.74) is 2.26. The number of hydrogen-bond donors (Lipinski definition) is 2. The lowest BCUT2D eigenvalue weighted by molar-refractivity contribution is 0.473. The molecule has 0 spiro atoms. The number of hydrogen-bond acceptors (Lipinski definition) is 2. The fraction of sp³-hybridized carbons (Fsp3) is 0.333. The van der Waals surface area contributed by atoms with Gasteiger partial charge < -0.3 is 10.4 Å². The summed E-state index contributed by atoms with van der Waals surface area (Å²) in [6, 6.07) is 15.8. The van der Waals surface area contributed by atoms with Gasteiger partial charge in [0.1, 0.15) is 5.75 Å². The van der Waals surface area contributed by atoms with Crippen molar-refractivity contribution < 1.29 is 5.11 Å². The normalized spacial score (nSPS) is 12.6. The highest BCUT2D eigenvalue weighted by molar-refractivity contribution is 6.31. The first-order valence-corrected chi connectivity index (χ1v) is 7.69. The van der Waals surface area contributed by atoms with Crippen molar-refractivity contribution in [2.24, 2.45) is 0 Å². The fourth-order valence-electron chi connectivity index (χ4n) is 2.44. The molecule has 0 bridgehead atoms. The highest BCUT2D eigenvalue weighted by Gasteiger charge is 2.16. The fourth-order valence-corrected chi connectivity index (χ4v) is 2.73. The van der Waals surface area contributed by atoms with Crippen LogP contribution in [0.15, 0.2) is 48.5 Å². The number of nitrogens with one attached hydrogen (secondary N) is 1. The minimum Gasteiger partial charge on any atom is -0.508 e. The molecule has 21 heavy (non-hydrogen) atoms. The summed E-state index contributed by atoms with van der Waals surface area (Å²) >= 11 is 6.35. The molecule has 2 aromatic rings. The quantitative estimate of drug-likeness (QED) is 0.830. The second-order valence-corrected chi connectivity index (χ2v) is 6.06. The number of halogens is 1. The van der Waals surface area contributed by atoms with Gasteiger partial charge in [0.05, 0.1) is 0 Å². The van der Waals surface area contributed by atoms with Crippen LogP contribution in [0.1, 0.15) is 30.9 Å². The average Bonchev–Trinajstić information content (AvgIpc) is 2.44. The van der Waals surface area contributed by atoms with E-state index in [1.54, 1.807) is 6.07 Å². The van der Waals surface area contributed by atoms with Gasteiger partial charge in [0.25, 0.3) is 0 Å². The third kappa shape index (κ3) is 4.76. The van der Waals surface area contributed by atoms with Crippen molar-refractivity contribution in [3.63, 3.8) is 0 Å². The number of phenols is 1. The molecule has 0 aliphatic rings. The van der Waals surface area contributed by atoms with Gasteiger partial charge >= 0.3 is 0 Å². The zero-order chi connectivity index (χ0) is 15.2. The zero-order valence-corrected chi connectivity index (χ0v) is 13.3. The van der Waals surface area contributed by atoms with Crippen LogP contribution in [0.4, 0.5) is 0 Å². The lowest BCUT2D eigenvalue weighted by atomic mass is 9.91. The van der Waals surface area contributed by atoms with Crippen LogP contribution in [-0.4, -0.2) is 17.7 Å². The predicted molar refractivity (Wildman–Crippen MR) is 89.1 cm³/mol. The minimum atomic E-state index is 0.280. The molecule has 2 rings (SSSR count). The molecule has 0 saturated heterocycles. The number of benzene rings is 2. The van der Waals surface area contributed by atoms with Crippen LogP contribution >= 0.6 is 11.6 Å². The Balaban J connectivity index is 2.22. The SMILES string of the molecule is CC(C)NCC(Cc1cccc(O)c1)c1ccccc1Cl. The van der Waals surface area contributed by atoms with Crippen LogP contribution in [0.2, 0.25) is 5.02 Å². The van der Waals surface area contributed by atoms with Gasteiger partial charge in [0.2, 0.25) is 0 Å². The third-order valence-corrected chi connectivity index (χ3v) is 3.85. The van der Waals surface area contributed by atoms with E-state index in [2.05, 4.69) is 25.2 Å². The van der Waals surface area contributed by atoms with E-state index < -0.39 is 0 Å². The Kier molecular flexibility index (Phi) is 5.66. The molecule has 3 heteroatoms. The van der Waals surface area contributed by atoms with Gasteiger partial charge in [-0.05, 0) is 35.7 Å². The summed E-state index contributed by atoms with van der Waals surface area (Å²) in [5.74, 6) is 0.588. The summed E-state index contributed by atoms with van der Waals surface area (Å²) in [6.45, 7) is 5.13. The lowest BCUT2D eigenvalue weighted by Gasteiger charge is -2.21. The maximum atomic E-state index is 9.63. The molecule has 0 amide bonds. The summed E-state index contributed by atoms with van der Waals surface area (Å²) in [4.78, 5) is 0. The van der Waals surface area contributed by atoms with Gasteiger partial charge in [-0.3, -0.25) is 0 Å². The molecule has 0 saturated carbocycles. The van der Waals surface area contributed by atoms with Crippen LogP contribution in [0.3, 0.4) is 0 Å². The Labute approximate surface area is 131 Å². The Morgan fingerprint density at radius 1 is 1.10 bits per heavy atom. The molecule has 112 valence electrons. The molecule has 0 aliphatic carbocycles. The van der Waals surface area contributed by atoms with Gasteiger partial charge in [-0.15, -0.1) is 0 Å². The molecule has 2 nitrogen and oxygen atoms in total. The molecule has 0 heterocycles. The van der Waals surface area contributed by atoms with Crippen molar-refractivity contribution in [3.05, 3.63) is 64.7 Å². The average molecular weight is 304 g/mol. The van der Waals surface area contributed by atoms with Gasteiger partial charge in [-0.1, -0.05) is 55.8 Å².